The van der Waals surface area contributed by atoms with Gasteiger partial charge in [-0.15, -0.1) is 0 Å². The minimum Gasteiger partial charge on any atom is -0.457 e. The lowest BCUT2D eigenvalue weighted by Crippen LogP contribution is -2.05. The van der Waals surface area contributed by atoms with Crippen LogP contribution in [0, 0.1) is 0 Å². The molecule has 0 aliphatic heterocycles. The Labute approximate surface area is 150 Å². The Morgan fingerprint density at radius 1 is 0.792 bits per heavy atom. The lowest BCUT2D eigenvalue weighted by atomic mass is 10.0. The van der Waals surface area contributed by atoms with Crippen LogP contribution in [0.3, 0.4) is 0 Å². The van der Waals surface area contributed by atoms with Crippen LogP contribution in [0.15, 0.2) is 78.9 Å². The lowest BCUT2D eigenvalue weighted by molar-refractivity contribution is 0.0472. The molecule has 3 aromatic carbocycles. The first kappa shape index (κ1) is 16.5. The maximum Gasteiger partial charge on any atom is 0.338 e. The predicted molar refractivity (Wildman–Crippen MR) is 100 cm³/mol. The van der Waals surface area contributed by atoms with E-state index in [1.54, 1.807) is 6.07 Å². The van der Waals surface area contributed by atoms with Crippen LogP contribution in [-0.2, 0) is 16.7 Å². The van der Waals surface area contributed by atoms with Gasteiger partial charge in [-0.05, 0) is 34.4 Å². The van der Waals surface area contributed by atoms with Gasteiger partial charge >= 0.3 is 5.97 Å². The first-order chi connectivity index (χ1) is 11.8. The van der Waals surface area contributed by atoms with Crippen molar-refractivity contribution in [3.8, 4) is 11.1 Å². The first-order valence-corrected chi connectivity index (χ1v) is 8.85. The number of carbonyl (C=O) groups excluding carboxylic acids is 1. The van der Waals surface area contributed by atoms with Crippen LogP contribution in [0.4, 0.5) is 0 Å². The van der Waals surface area contributed by atoms with Gasteiger partial charge < -0.3 is 4.74 Å². The van der Waals surface area contributed by atoms with Crippen molar-refractivity contribution in [3.05, 3.63) is 95.6 Å². The standard InChI is InChI=1S/C21H17BrO2/c22-14-17-5-4-8-20(13-17)21(23)24-15-16-9-11-19(12-10-16)18-6-2-1-3-7-18/h1-13H,14-15H2. The number of benzene rings is 3. The Morgan fingerprint density at radius 2 is 1.50 bits per heavy atom. The van der Waals surface area contributed by atoms with E-state index in [1.807, 2.05) is 60.7 Å². The molecule has 3 heteroatoms. The van der Waals surface area contributed by atoms with Crippen molar-refractivity contribution in [3.63, 3.8) is 0 Å². The molecule has 0 fully saturated rings. The molecule has 0 spiro atoms. The molecule has 0 heterocycles. The van der Waals surface area contributed by atoms with E-state index in [-0.39, 0.29) is 12.6 Å². The molecule has 24 heavy (non-hydrogen) atoms. The zero-order chi connectivity index (χ0) is 16.8. The Morgan fingerprint density at radius 3 is 2.21 bits per heavy atom. The molecule has 0 N–H and O–H groups in total. The average Bonchev–Trinajstić information content (AvgIpc) is 2.67. The number of hydrogen-bond acceptors (Lipinski definition) is 2. The molecule has 0 aliphatic rings. The first-order valence-electron chi connectivity index (χ1n) is 7.72. The number of rotatable bonds is 5. The fourth-order valence-electron chi connectivity index (χ4n) is 2.44. The molecule has 0 aromatic heterocycles. The highest BCUT2D eigenvalue weighted by Gasteiger charge is 2.08. The highest BCUT2D eigenvalue weighted by molar-refractivity contribution is 9.08. The van der Waals surface area contributed by atoms with E-state index >= 15 is 0 Å². The largest absolute Gasteiger partial charge is 0.457 e. The monoisotopic (exact) mass is 380 g/mol. The minimum absolute atomic E-state index is 0.270. The highest BCUT2D eigenvalue weighted by Crippen LogP contribution is 2.19. The summed E-state index contributed by atoms with van der Waals surface area (Å²) < 4.78 is 5.40. The van der Waals surface area contributed by atoms with Crippen molar-refractivity contribution < 1.29 is 9.53 Å². The zero-order valence-corrected chi connectivity index (χ0v) is 14.7. The van der Waals surface area contributed by atoms with Gasteiger partial charge in [0.05, 0.1) is 5.56 Å². The van der Waals surface area contributed by atoms with E-state index < -0.39 is 0 Å². The quantitative estimate of drug-likeness (QED) is 0.425. The van der Waals surface area contributed by atoms with Crippen molar-refractivity contribution in [2.75, 3.05) is 0 Å². The van der Waals surface area contributed by atoms with Crippen LogP contribution in [-0.4, -0.2) is 5.97 Å². The highest BCUT2D eigenvalue weighted by atomic mass is 79.9. The number of ether oxygens (including phenoxy) is 1. The third-order valence-electron chi connectivity index (χ3n) is 3.75. The minimum atomic E-state index is -0.301. The Bertz CT molecular complexity index is 811. The molecule has 0 radical (unpaired) electrons. The van der Waals surface area contributed by atoms with Gasteiger partial charge in [-0.2, -0.15) is 0 Å². The third kappa shape index (κ3) is 4.12. The van der Waals surface area contributed by atoms with Crippen molar-refractivity contribution in [2.45, 2.75) is 11.9 Å². The fourth-order valence-corrected chi connectivity index (χ4v) is 2.79. The Balaban J connectivity index is 1.63. The van der Waals surface area contributed by atoms with Gasteiger partial charge in [-0.25, -0.2) is 4.79 Å². The molecular formula is C21H17BrO2. The molecule has 0 saturated heterocycles. The summed E-state index contributed by atoms with van der Waals surface area (Å²) in [5.41, 5.74) is 4.92. The number of carbonyl (C=O) groups is 1. The summed E-state index contributed by atoms with van der Waals surface area (Å²) in [5.74, 6) is -0.301. The second-order valence-corrected chi connectivity index (χ2v) is 6.03. The zero-order valence-electron chi connectivity index (χ0n) is 13.1. The van der Waals surface area contributed by atoms with Crippen LogP contribution >= 0.6 is 15.9 Å². The lowest BCUT2D eigenvalue weighted by Gasteiger charge is -2.07. The third-order valence-corrected chi connectivity index (χ3v) is 4.40. The van der Waals surface area contributed by atoms with Gasteiger partial charge in [0.2, 0.25) is 0 Å². The van der Waals surface area contributed by atoms with E-state index in [0.29, 0.717) is 5.56 Å². The van der Waals surface area contributed by atoms with E-state index in [9.17, 15) is 4.79 Å². The van der Waals surface area contributed by atoms with Gasteiger partial charge in [0.25, 0.3) is 0 Å². The number of halogens is 1. The van der Waals surface area contributed by atoms with Gasteiger partial charge in [-0.1, -0.05) is 82.7 Å². The molecule has 0 atom stereocenters. The molecule has 0 saturated carbocycles. The van der Waals surface area contributed by atoms with Gasteiger partial charge in [0.1, 0.15) is 6.61 Å². The summed E-state index contributed by atoms with van der Waals surface area (Å²) >= 11 is 3.39. The second-order valence-electron chi connectivity index (χ2n) is 5.47. The molecule has 0 aliphatic carbocycles. The van der Waals surface area contributed by atoms with Gasteiger partial charge in [0, 0.05) is 5.33 Å². The Hall–Kier alpha value is -2.39. The maximum absolute atomic E-state index is 12.1. The predicted octanol–water partition coefficient (Wildman–Crippen LogP) is 5.61. The number of hydrogen-bond donors (Lipinski definition) is 0. The van der Waals surface area contributed by atoms with E-state index in [1.165, 1.54) is 5.56 Å². The molecule has 0 bridgehead atoms. The molecule has 3 aromatic rings. The normalized spacial score (nSPS) is 10.4. The van der Waals surface area contributed by atoms with Crippen LogP contribution in [0.2, 0.25) is 0 Å². The molecule has 120 valence electrons. The summed E-state index contributed by atoms with van der Waals surface area (Å²) in [6.45, 7) is 0.270. The summed E-state index contributed by atoms with van der Waals surface area (Å²) in [5, 5.41) is 0.717. The smallest absolute Gasteiger partial charge is 0.338 e. The molecule has 0 amide bonds. The van der Waals surface area contributed by atoms with Crippen molar-refractivity contribution in [1.29, 1.82) is 0 Å². The summed E-state index contributed by atoms with van der Waals surface area (Å²) in [6.07, 6.45) is 0. The maximum atomic E-state index is 12.1. The molecular weight excluding hydrogens is 364 g/mol. The van der Waals surface area contributed by atoms with Crippen LogP contribution < -0.4 is 0 Å². The van der Waals surface area contributed by atoms with Crippen LogP contribution in [0.1, 0.15) is 21.5 Å². The summed E-state index contributed by atoms with van der Waals surface area (Å²) in [6, 6.07) is 25.7. The van der Waals surface area contributed by atoms with E-state index in [0.717, 1.165) is 22.0 Å². The second kappa shape index (κ2) is 7.93. The average molecular weight is 381 g/mol. The van der Waals surface area contributed by atoms with Crippen LogP contribution in [0.5, 0.6) is 0 Å². The Kier molecular flexibility index (Phi) is 5.44. The fraction of sp³-hybridized carbons (Fsp3) is 0.0952. The SMILES string of the molecule is O=C(OCc1ccc(-c2ccccc2)cc1)c1cccc(CBr)c1. The summed E-state index contributed by atoms with van der Waals surface area (Å²) in [4.78, 5) is 12.1. The van der Waals surface area contributed by atoms with Gasteiger partial charge in [0.15, 0.2) is 0 Å². The number of alkyl halides is 1. The molecule has 0 unspecified atom stereocenters. The molecule has 2 nitrogen and oxygen atoms in total. The number of esters is 1. The van der Waals surface area contributed by atoms with Crippen molar-refractivity contribution >= 4 is 21.9 Å². The van der Waals surface area contributed by atoms with Gasteiger partial charge in [-0.3, -0.25) is 0 Å². The van der Waals surface area contributed by atoms with E-state index in [2.05, 4.69) is 28.1 Å². The van der Waals surface area contributed by atoms with Crippen molar-refractivity contribution in [2.24, 2.45) is 0 Å². The van der Waals surface area contributed by atoms with Crippen molar-refractivity contribution in [1.82, 2.24) is 0 Å². The molecule has 3 rings (SSSR count). The topological polar surface area (TPSA) is 26.3 Å². The summed E-state index contributed by atoms with van der Waals surface area (Å²) in [7, 11) is 0. The van der Waals surface area contributed by atoms with Crippen LogP contribution in [0.25, 0.3) is 11.1 Å². The van der Waals surface area contributed by atoms with E-state index in [4.69, 9.17) is 4.74 Å².